The predicted octanol–water partition coefficient (Wildman–Crippen LogP) is 3.59. The zero-order chi connectivity index (χ0) is 23.8. The summed E-state index contributed by atoms with van der Waals surface area (Å²) in [4.78, 5) is 39.9. The van der Waals surface area contributed by atoms with Crippen LogP contribution in [0.5, 0.6) is 11.5 Å². The number of methoxy groups -OCH3 is 2. The third kappa shape index (κ3) is 6.02. The number of carbonyl (C=O) groups is 2. The van der Waals surface area contributed by atoms with E-state index in [1.54, 1.807) is 11.6 Å². The normalized spacial score (nSPS) is 10.4. The van der Waals surface area contributed by atoms with Crippen LogP contribution in [0, 0.1) is 10.1 Å². The van der Waals surface area contributed by atoms with Crippen LogP contribution in [0.1, 0.15) is 20.7 Å². The minimum Gasteiger partial charge on any atom is -0.493 e. The summed E-state index contributed by atoms with van der Waals surface area (Å²) in [6.07, 6.45) is 1.57. The van der Waals surface area contributed by atoms with Gasteiger partial charge in [0.05, 0.1) is 24.7 Å². The average molecular weight is 472 g/mol. The maximum absolute atomic E-state index is 12.8. The van der Waals surface area contributed by atoms with Crippen LogP contribution in [0.2, 0.25) is 0 Å². The highest BCUT2D eigenvalue weighted by atomic mass is 32.1. The number of hydrogen-bond donors (Lipinski definition) is 2. The molecule has 0 fully saturated rings. The second kappa shape index (κ2) is 11.0. The molecule has 0 saturated carbocycles. The molecule has 0 aliphatic heterocycles. The van der Waals surface area contributed by atoms with E-state index in [-0.39, 0.29) is 36.2 Å². The van der Waals surface area contributed by atoms with Crippen molar-refractivity contribution in [3.05, 3.63) is 69.2 Å². The van der Waals surface area contributed by atoms with Gasteiger partial charge < -0.3 is 19.5 Å². The Hall–Kier alpha value is -4.03. The van der Waals surface area contributed by atoms with Crippen molar-refractivity contribution in [3.8, 4) is 11.5 Å². The Balaban J connectivity index is 1.77. The lowest BCUT2D eigenvalue weighted by Crippen LogP contribution is -2.15. The summed E-state index contributed by atoms with van der Waals surface area (Å²) in [5.74, 6) is -0.792. The molecule has 11 nitrogen and oxygen atoms in total. The van der Waals surface area contributed by atoms with E-state index in [9.17, 15) is 19.7 Å². The molecule has 1 aromatic heterocycles. The van der Waals surface area contributed by atoms with E-state index in [1.807, 2.05) is 0 Å². The van der Waals surface area contributed by atoms with Crippen LogP contribution in [0.4, 0.5) is 16.5 Å². The molecule has 0 aliphatic rings. The number of nitro benzene ring substituents is 1. The van der Waals surface area contributed by atoms with Crippen molar-refractivity contribution >= 4 is 39.7 Å². The van der Waals surface area contributed by atoms with Crippen molar-refractivity contribution < 1.29 is 28.7 Å². The van der Waals surface area contributed by atoms with Crippen molar-refractivity contribution in [3.63, 3.8) is 0 Å². The van der Waals surface area contributed by atoms with Crippen LogP contribution in [-0.4, -0.2) is 49.2 Å². The second-order valence-electron chi connectivity index (χ2n) is 6.44. The average Bonchev–Trinajstić information content (AvgIpc) is 3.32. The number of amides is 2. The number of nitro groups is 1. The van der Waals surface area contributed by atoms with Crippen molar-refractivity contribution in [2.45, 2.75) is 0 Å². The van der Waals surface area contributed by atoms with Crippen LogP contribution >= 0.6 is 11.3 Å². The summed E-state index contributed by atoms with van der Waals surface area (Å²) < 4.78 is 15.6. The fourth-order valence-corrected chi connectivity index (χ4v) is 3.27. The molecule has 2 aromatic carbocycles. The highest BCUT2D eigenvalue weighted by molar-refractivity contribution is 7.13. The number of hydrogen-bond acceptors (Lipinski definition) is 9. The van der Waals surface area contributed by atoms with E-state index in [2.05, 4.69) is 15.6 Å². The van der Waals surface area contributed by atoms with Gasteiger partial charge in [0.15, 0.2) is 16.6 Å². The van der Waals surface area contributed by atoms with Crippen LogP contribution in [0.3, 0.4) is 0 Å². The Labute approximate surface area is 192 Å². The van der Waals surface area contributed by atoms with Gasteiger partial charge in [0.25, 0.3) is 17.5 Å². The Kier molecular flexibility index (Phi) is 7.89. The first kappa shape index (κ1) is 23.6. The smallest absolute Gasteiger partial charge is 0.286 e. The van der Waals surface area contributed by atoms with Gasteiger partial charge in [-0.15, -0.1) is 11.3 Å². The van der Waals surface area contributed by atoms with Crippen LogP contribution in [0.15, 0.2) is 48.0 Å². The Morgan fingerprint density at radius 3 is 2.42 bits per heavy atom. The van der Waals surface area contributed by atoms with E-state index >= 15 is 0 Å². The maximum atomic E-state index is 12.8. The first-order valence-corrected chi connectivity index (χ1v) is 10.4. The third-order valence-corrected chi connectivity index (χ3v) is 5.01. The number of nitrogens with zero attached hydrogens (tertiary/aromatic N) is 2. The quantitative estimate of drug-likeness (QED) is 0.259. The summed E-state index contributed by atoms with van der Waals surface area (Å²) in [5.41, 5.74) is 0.0505. The molecule has 3 aromatic rings. The highest BCUT2D eigenvalue weighted by Gasteiger charge is 2.25. The van der Waals surface area contributed by atoms with Crippen molar-refractivity contribution in [1.29, 1.82) is 0 Å². The fraction of sp³-hybridized carbons (Fsp3) is 0.190. The van der Waals surface area contributed by atoms with E-state index in [1.165, 1.54) is 55.9 Å². The molecule has 0 saturated heterocycles. The molecule has 3 rings (SSSR count). The first-order chi connectivity index (χ1) is 15.9. The van der Waals surface area contributed by atoms with Crippen molar-refractivity contribution in [1.82, 2.24) is 4.98 Å². The number of nitrogens with one attached hydrogen (secondary N) is 2. The highest BCUT2D eigenvalue weighted by Crippen LogP contribution is 2.35. The number of aromatic nitrogens is 1. The van der Waals surface area contributed by atoms with E-state index in [0.717, 1.165) is 6.07 Å². The molecule has 12 heteroatoms. The summed E-state index contributed by atoms with van der Waals surface area (Å²) in [6, 6.07) is 8.43. The first-order valence-electron chi connectivity index (χ1n) is 9.53. The molecule has 33 heavy (non-hydrogen) atoms. The van der Waals surface area contributed by atoms with Gasteiger partial charge in [0, 0.05) is 36.0 Å². The van der Waals surface area contributed by atoms with Gasteiger partial charge in [-0.2, -0.15) is 0 Å². The lowest BCUT2D eigenvalue weighted by Gasteiger charge is -2.13. The van der Waals surface area contributed by atoms with Gasteiger partial charge in [0.2, 0.25) is 0 Å². The minimum absolute atomic E-state index is 0.119. The van der Waals surface area contributed by atoms with Gasteiger partial charge in [-0.3, -0.25) is 25.0 Å². The minimum atomic E-state index is -0.719. The number of carbonyl (C=O) groups excluding carboxylic acids is 2. The van der Waals surface area contributed by atoms with Crippen LogP contribution in [-0.2, 0) is 4.74 Å². The molecule has 0 bridgehead atoms. The van der Waals surface area contributed by atoms with E-state index in [4.69, 9.17) is 14.2 Å². The zero-order valence-corrected chi connectivity index (χ0v) is 18.5. The second-order valence-corrected chi connectivity index (χ2v) is 7.34. The van der Waals surface area contributed by atoms with Crippen molar-refractivity contribution in [2.75, 3.05) is 38.1 Å². The summed E-state index contributed by atoms with van der Waals surface area (Å²) in [7, 11) is 2.86. The largest absolute Gasteiger partial charge is 0.493 e. The van der Waals surface area contributed by atoms with Gasteiger partial charge in [-0.1, -0.05) is 0 Å². The maximum Gasteiger partial charge on any atom is 0.286 e. The molecule has 0 atom stereocenters. The molecule has 0 unspecified atom stereocenters. The number of thiazole rings is 1. The molecule has 0 radical (unpaired) electrons. The van der Waals surface area contributed by atoms with Crippen LogP contribution < -0.4 is 20.1 Å². The number of ether oxygens (including phenoxy) is 3. The SMILES string of the molecule is COCCOc1cc([N+](=O)[O-])c(C(=O)Nc2ccc(C(=O)Nc3nccs3)cc2)cc1OC. The molecule has 0 spiro atoms. The molecule has 2 amide bonds. The standard InChI is InChI=1S/C21H20N4O7S/c1-30-8-9-32-18-12-16(25(28)29)15(11-17(18)31-2)20(27)23-14-5-3-13(4-6-14)19(26)24-21-22-7-10-33-21/h3-7,10-12H,8-9H2,1-2H3,(H,23,27)(H,22,24,26). The van der Waals surface area contributed by atoms with Crippen LogP contribution in [0.25, 0.3) is 0 Å². The third-order valence-electron chi connectivity index (χ3n) is 4.33. The Bertz CT molecular complexity index is 1130. The topological polar surface area (TPSA) is 142 Å². The monoisotopic (exact) mass is 472 g/mol. The Morgan fingerprint density at radius 2 is 1.82 bits per heavy atom. The van der Waals surface area contributed by atoms with Gasteiger partial charge >= 0.3 is 0 Å². The molecule has 0 aliphatic carbocycles. The summed E-state index contributed by atoms with van der Waals surface area (Å²) in [5, 5.41) is 19.0. The summed E-state index contributed by atoms with van der Waals surface area (Å²) >= 11 is 1.29. The van der Waals surface area contributed by atoms with E-state index in [0.29, 0.717) is 16.4 Å². The predicted molar refractivity (Wildman–Crippen MR) is 121 cm³/mol. The van der Waals surface area contributed by atoms with Gasteiger partial charge in [-0.05, 0) is 24.3 Å². The lowest BCUT2D eigenvalue weighted by molar-refractivity contribution is -0.385. The molecule has 2 N–H and O–H groups in total. The van der Waals surface area contributed by atoms with Gasteiger partial charge in [0.1, 0.15) is 12.2 Å². The van der Waals surface area contributed by atoms with Crippen molar-refractivity contribution in [2.24, 2.45) is 0 Å². The zero-order valence-electron chi connectivity index (χ0n) is 17.7. The molecule has 172 valence electrons. The lowest BCUT2D eigenvalue weighted by atomic mass is 10.1. The molecular weight excluding hydrogens is 452 g/mol. The number of rotatable bonds is 10. The Morgan fingerprint density at radius 1 is 1.06 bits per heavy atom. The summed E-state index contributed by atoms with van der Waals surface area (Å²) in [6.45, 7) is 0.426. The fourth-order valence-electron chi connectivity index (χ4n) is 2.75. The molecule has 1 heterocycles. The number of benzene rings is 2. The van der Waals surface area contributed by atoms with Gasteiger partial charge in [-0.25, -0.2) is 4.98 Å². The van der Waals surface area contributed by atoms with E-state index < -0.39 is 16.5 Å². The number of anilines is 2. The molecular formula is C21H20N4O7S.